The Balaban J connectivity index is 1.02. The van der Waals surface area contributed by atoms with Crippen LogP contribution < -0.4 is 0 Å². The minimum atomic E-state index is 0.597. The van der Waals surface area contributed by atoms with E-state index in [1.807, 2.05) is 18.2 Å². The summed E-state index contributed by atoms with van der Waals surface area (Å²) in [4.78, 5) is 22.4. The molecule has 13 aromatic carbocycles. The van der Waals surface area contributed by atoms with Crippen molar-refractivity contribution in [1.29, 1.82) is 0 Å². The summed E-state index contributed by atoms with van der Waals surface area (Å²) in [6, 6.07) is 99.4. The quantitative estimate of drug-likeness (QED) is 0.142. The monoisotopic (exact) mass is 1020 g/mol. The van der Waals surface area contributed by atoms with E-state index in [1.54, 1.807) is 0 Å². The van der Waals surface area contributed by atoms with E-state index in [4.69, 9.17) is 19.9 Å². The molecule has 16 aromatic rings. The largest absolute Gasteiger partial charge is 0.292 e. The average molecular weight is 1020 g/mol. The molecule has 16 rings (SSSR count). The molecule has 372 valence electrons. The van der Waals surface area contributed by atoms with Crippen LogP contribution in [0.15, 0.2) is 279 Å². The number of hydrogen-bond donors (Lipinski definition) is 0. The SMILES string of the molecule is c1ccc(-c2nc3cc(-c4nc(-c5ccc6c(c5)nc(-c5ccccc5)n6-c5ccccc5)c5cc(-c6cc7ccccc7c7ccccc67)cc(-c6cc7ccccc7c7ccccc67)c5n4)ccc3n2-c2ccccc2)cc1. The third kappa shape index (κ3) is 7.42. The number of hydrogen-bond acceptors (Lipinski definition) is 4. The van der Waals surface area contributed by atoms with Crippen LogP contribution >= 0.6 is 0 Å². The van der Waals surface area contributed by atoms with Gasteiger partial charge in [-0.2, -0.15) is 0 Å². The van der Waals surface area contributed by atoms with E-state index < -0.39 is 0 Å². The Kier molecular flexibility index (Phi) is 10.5. The summed E-state index contributed by atoms with van der Waals surface area (Å²) in [5.41, 5.74) is 15.6. The highest BCUT2D eigenvalue weighted by Gasteiger charge is 2.24. The molecular weight excluding hydrogens is 973 g/mol. The second-order valence-corrected chi connectivity index (χ2v) is 20.5. The van der Waals surface area contributed by atoms with Crippen molar-refractivity contribution in [2.24, 2.45) is 0 Å². The molecule has 0 fully saturated rings. The highest BCUT2D eigenvalue weighted by Crippen LogP contribution is 2.45. The summed E-state index contributed by atoms with van der Waals surface area (Å²) >= 11 is 0. The fourth-order valence-corrected chi connectivity index (χ4v) is 12.2. The number of imidazole rings is 2. The predicted octanol–water partition coefficient (Wildman–Crippen LogP) is 18.9. The van der Waals surface area contributed by atoms with Gasteiger partial charge >= 0.3 is 0 Å². The first-order chi connectivity index (χ1) is 39.7. The Morgan fingerprint density at radius 1 is 0.250 bits per heavy atom. The Morgan fingerprint density at radius 3 is 1.24 bits per heavy atom. The smallest absolute Gasteiger partial charge is 0.160 e. The van der Waals surface area contributed by atoms with E-state index in [0.29, 0.717) is 5.82 Å². The van der Waals surface area contributed by atoms with Gasteiger partial charge in [0.1, 0.15) is 11.6 Å². The predicted molar refractivity (Wildman–Crippen MR) is 331 cm³/mol. The third-order valence-corrected chi connectivity index (χ3v) is 15.9. The maximum atomic E-state index is 5.79. The molecule has 3 heterocycles. The molecule has 3 aromatic heterocycles. The topological polar surface area (TPSA) is 61.4 Å². The summed E-state index contributed by atoms with van der Waals surface area (Å²) in [7, 11) is 0. The molecule has 0 spiro atoms. The van der Waals surface area contributed by atoms with Crippen LogP contribution in [0.5, 0.6) is 0 Å². The molecule has 0 N–H and O–H groups in total. The van der Waals surface area contributed by atoms with Gasteiger partial charge < -0.3 is 0 Å². The van der Waals surface area contributed by atoms with Gasteiger partial charge in [0.15, 0.2) is 5.82 Å². The molecule has 0 aliphatic rings. The Hall–Kier alpha value is -10.8. The van der Waals surface area contributed by atoms with Crippen molar-refractivity contribution in [2.75, 3.05) is 0 Å². The summed E-state index contributed by atoms with van der Waals surface area (Å²) < 4.78 is 4.51. The molecule has 80 heavy (non-hydrogen) atoms. The number of benzene rings is 13. The van der Waals surface area contributed by atoms with Crippen molar-refractivity contribution >= 4 is 76.1 Å². The van der Waals surface area contributed by atoms with Gasteiger partial charge in [-0.3, -0.25) is 9.13 Å². The zero-order valence-electron chi connectivity index (χ0n) is 43.2. The Labute approximate surface area is 460 Å². The van der Waals surface area contributed by atoms with Crippen molar-refractivity contribution in [3.8, 4) is 79.0 Å². The number of fused-ring (bicyclic) bond motifs is 9. The van der Waals surface area contributed by atoms with Crippen LogP contribution in [0.3, 0.4) is 0 Å². The van der Waals surface area contributed by atoms with Crippen molar-refractivity contribution in [3.05, 3.63) is 279 Å². The number of aromatic nitrogens is 6. The van der Waals surface area contributed by atoms with Crippen LogP contribution in [0.2, 0.25) is 0 Å². The first-order valence-corrected chi connectivity index (χ1v) is 27.1. The van der Waals surface area contributed by atoms with E-state index in [0.717, 1.165) is 117 Å². The lowest BCUT2D eigenvalue weighted by Gasteiger charge is -2.18. The fraction of sp³-hybridized carbons (Fsp3) is 0. The van der Waals surface area contributed by atoms with Crippen LogP contribution in [0.25, 0.3) is 155 Å². The van der Waals surface area contributed by atoms with E-state index in [-0.39, 0.29) is 0 Å². The van der Waals surface area contributed by atoms with Crippen molar-refractivity contribution in [2.45, 2.75) is 0 Å². The average Bonchev–Trinajstić information content (AvgIpc) is 4.25. The summed E-state index contributed by atoms with van der Waals surface area (Å²) in [6.45, 7) is 0. The van der Waals surface area contributed by atoms with Gasteiger partial charge in [-0.05, 0) is 139 Å². The number of nitrogens with zero attached hydrogens (tertiary/aromatic N) is 6. The molecule has 0 atom stereocenters. The van der Waals surface area contributed by atoms with Gasteiger partial charge in [-0.1, -0.05) is 200 Å². The maximum Gasteiger partial charge on any atom is 0.160 e. The van der Waals surface area contributed by atoms with E-state index >= 15 is 0 Å². The maximum absolute atomic E-state index is 5.79. The van der Waals surface area contributed by atoms with E-state index in [1.165, 1.54) is 32.3 Å². The van der Waals surface area contributed by atoms with E-state index in [9.17, 15) is 0 Å². The van der Waals surface area contributed by atoms with Gasteiger partial charge in [-0.15, -0.1) is 0 Å². The van der Waals surface area contributed by atoms with E-state index in [2.05, 4.69) is 270 Å². The minimum Gasteiger partial charge on any atom is -0.292 e. The highest BCUT2D eigenvalue weighted by atomic mass is 15.1. The van der Waals surface area contributed by atoms with Crippen molar-refractivity contribution < 1.29 is 0 Å². The number of rotatable bonds is 8. The molecule has 0 aliphatic heterocycles. The van der Waals surface area contributed by atoms with Crippen LogP contribution in [0.1, 0.15) is 0 Å². The molecule has 0 radical (unpaired) electrons. The summed E-state index contributed by atoms with van der Waals surface area (Å²) in [5, 5.41) is 10.4. The molecular formula is C74H46N6. The zero-order chi connectivity index (χ0) is 52.7. The van der Waals surface area contributed by atoms with Crippen LogP contribution in [-0.4, -0.2) is 29.1 Å². The second kappa shape index (κ2) is 18.4. The molecule has 6 nitrogen and oxygen atoms in total. The molecule has 6 heteroatoms. The first kappa shape index (κ1) is 45.4. The highest BCUT2D eigenvalue weighted by molar-refractivity contribution is 6.19. The molecule has 0 bridgehead atoms. The zero-order valence-corrected chi connectivity index (χ0v) is 43.2. The molecule has 0 aliphatic carbocycles. The summed E-state index contributed by atoms with van der Waals surface area (Å²) in [6.07, 6.45) is 0. The lowest BCUT2D eigenvalue weighted by Crippen LogP contribution is -1.99. The van der Waals surface area contributed by atoms with Gasteiger partial charge in [0.25, 0.3) is 0 Å². The minimum absolute atomic E-state index is 0.597. The van der Waals surface area contributed by atoms with Gasteiger partial charge in [0.05, 0.1) is 33.3 Å². The first-order valence-electron chi connectivity index (χ1n) is 27.1. The van der Waals surface area contributed by atoms with Crippen LogP contribution in [0, 0.1) is 0 Å². The lowest BCUT2D eigenvalue weighted by atomic mass is 9.87. The van der Waals surface area contributed by atoms with Gasteiger partial charge in [-0.25, -0.2) is 19.9 Å². The van der Waals surface area contributed by atoms with Crippen LogP contribution in [0.4, 0.5) is 0 Å². The molecule has 0 saturated carbocycles. The second-order valence-electron chi connectivity index (χ2n) is 20.5. The Bertz CT molecular complexity index is 5100. The molecule has 0 saturated heterocycles. The normalized spacial score (nSPS) is 11.8. The standard InChI is InChI=1S/C74H46N6/c1-5-21-47(22-6-1)73-75-66-45-51(37-39-68(66)79(73)54-27-9-3-10-28-54)70-65-44-53(62-41-49-25-13-15-31-56(49)58-33-17-19-35-60(58)62)43-64(63-42-50-26-14-16-32-57(50)59-34-18-20-36-61(59)63)71(65)78-72(77-70)52-38-40-69-67(46-52)76-74(48-23-7-2-8-24-48)80(69)55-29-11-4-12-30-55/h1-46H. The Morgan fingerprint density at radius 2 is 0.688 bits per heavy atom. The number of para-hydroxylation sites is 2. The fourth-order valence-electron chi connectivity index (χ4n) is 12.2. The lowest BCUT2D eigenvalue weighted by molar-refractivity contribution is 1.10. The van der Waals surface area contributed by atoms with Crippen molar-refractivity contribution in [1.82, 2.24) is 29.1 Å². The van der Waals surface area contributed by atoms with Gasteiger partial charge in [0.2, 0.25) is 0 Å². The van der Waals surface area contributed by atoms with Crippen LogP contribution in [-0.2, 0) is 0 Å². The summed E-state index contributed by atoms with van der Waals surface area (Å²) in [5.74, 6) is 2.33. The molecule has 0 amide bonds. The molecule has 0 unspecified atom stereocenters. The van der Waals surface area contributed by atoms with Crippen molar-refractivity contribution in [3.63, 3.8) is 0 Å². The third-order valence-electron chi connectivity index (χ3n) is 15.9. The van der Waals surface area contributed by atoms with Gasteiger partial charge in [0, 0.05) is 44.6 Å².